The molecular weight excluding hydrogens is 256 g/mol. The topological polar surface area (TPSA) is 109 Å². The lowest BCUT2D eigenvalue weighted by Gasteiger charge is -2.38. The standard InChI is InChI=1S/C12H26O7/c1-7(17-5)11(13,14)9(3)19-10(4)12(15,16)8(2)18-6/h7-10,13-16H,1-6H3. The molecule has 116 valence electrons. The Kier molecular flexibility index (Phi) is 6.84. The third-order valence-corrected chi connectivity index (χ3v) is 3.51. The van der Waals surface area contributed by atoms with Gasteiger partial charge in [0.25, 0.3) is 0 Å². The van der Waals surface area contributed by atoms with Crippen LogP contribution in [-0.4, -0.2) is 70.6 Å². The smallest absolute Gasteiger partial charge is 0.216 e. The SMILES string of the molecule is COC(C)C(O)(O)C(C)OC(C)C(O)(O)C(C)OC. The molecule has 0 heterocycles. The predicted molar refractivity (Wildman–Crippen MR) is 67.3 cm³/mol. The first kappa shape index (κ1) is 18.7. The maximum Gasteiger partial charge on any atom is 0.216 e. The molecule has 0 aliphatic heterocycles. The zero-order valence-corrected chi connectivity index (χ0v) is 12.3. The van der Waals surface area contributed by atoms with Gasteiger partial charge in [-0.05, 0) is 27.7 Å². The van der Waals surface area contributed by atoms with E-state index >= 15 is 0 Å². The minimum atomic E-state index is -2.25. The van der Waals surface area contributed by atoms with Gasteiger partial charge >= 0.3 is 0 Å². The second-order valence-electron chi connectivity index (χ2n) is 4.74. The van der Waals surface area contributed by atoms with Crippen LogP contribution in [0.2, 0.25) is 0 Å². The largest absolute Gasteiger partial charge is 0.376 e. The van der Waals surface area contributed by atoms with Crippen molar-refractivity contribution in [3.05, 3.63) is 0 Å². The molecule has 0 saturated heterocycles. The lowest BCUT2D eigenvalue weighted by atomic mass is 10.0. The molecule has 0 aliphatic rings. The van der Waals surface area contributed by atoms with Crippen LogP contribution in [0.4, 0.5) is 0 Å². The quantitative estimate of drug-likeness (QED) is 0.432. The zero-order valence-electron chi connectivity index (χ0n) is 12.3. The molecule has 4 atom stereocenters. The first-order valence-electron chi connectivity index (χ1n) is 6.12. The van der Waals surface area contributed by atoms with Crippen molar-refractivity contribution in [2.24, 2.45) is 0 Å². The van der Waals surface area contributed by atoms with Crippen LogP contribution >= 0.6 is 0 Å². The van der Waals surface area contributed by atoms with E-state index < -0.39 is 36.0 Å². The van der Waals surface area contributed by atoms with Gasteiger partial charge in [-0.25, -0.2) is 0 Å². The summed E-state index contributed by atoms with van der Waals surface area (Å²) >= 11 is 0. The molecular formula is C12H26O7. The highest BCUT2D eigenvalue weighted by atomic mass is 16.6. The number of methoxy groups -OCH3 is 2. The van der Waals surface area contributed by atoms with Gasteiger partial charge in [0.1, 0.15) is 24.4 Å². The Morgan fingerprint density at radius 3 is 1.11 bits per heavy atom. The van der Waals surface area contributed by atoms with Crippen LogP contribution < -0.4 is 0 Å². The fourth-order valence-electron chi connectivity index (χ4n) is 1.51. The van der Waals surface area contributed by atoms with Gasteiger partial charge < -0.3 is 34.6 Å². The van der Waals surface area contributed by atoms with Gasteiger partial charge in [-0.15, -0.1) is 0 Å². The van der Waals surface area contributed by atoms with E-state index in [0.717, 1.165) is 0 Å². The highest BCUT2D eigenvalue weighted by Gasteiger charge is 2.44. The molecule has 0 aromatic rings. The molecule has 7 heteroatoms. The van der Waals surface area contributed by atoms with Gasteiger partial charge in [-0.2, -0.15) is 0 Å². The fourth-order valence-corrected chi connectivity index (χ4v) is 1.51. The van der Waals surface area contributed by atoms with Crippen molar-refractivity contribution >= 4 is 0 Å². The summed E-state index contributed by atoms with van der Waals surface area (Å²) < 4.78 is 15.0. The van der Waals surface area contributed by atoms with Crippen LogP contribution in [0.5, 0.6) is 0 Å². The minimum Gasteiger partial charge on any atom is -0.376 e. The maximum atomic E-state index is 9.87. The van der Waals surface area contributed by atoms with Crippen LogP contribution in [0, 0.1) is 0 Å². The molecule has 4 unspecified atom stereocenters. The first-order chi connectivity index (χ1) is 8.51. The summed E-state index contributed by atoms with van der Waals surface area (Å²) in [5.74, 6) is -4.51. The monoisotopic (exact) mass is 282 g/mol. The van der Waals surface area contributed by atoms with Gasteiger partial charge in [0.2, 0.25) is 11.6 Å². The Morgan fingerprint density at radius 1 is 0.632 bits per heavy atom. The Morgan fingerprint density at radius 2 is 0.895 bits per heavy atom. The van der Waals surface area contributed by atoms with Crippen molar-refractivity contribution < 1.29 is 34.6 Å². The van der Waals surface area contributed by atoms with E-state index in [2.05, 4.69) is 0 Å². The van der Waals surface area contributed by atoms with Crippen LogP contribution in [0.1, 0.15) is 27.7 Å². The number of hydrogen-bond donors (Lipinski definition) is 4. The number of hydrogen-bond acceptors (Lipinski definition) is 7. The van der Waals surface area contributed by atoms with E-state index in [1.54, 1.807) is 0 Å². The Labute approximate surface area is 113 Å². The molecule has 4 N–H and O–H groups in total. The van der Waals surface area contributed by atoms with Crippen molar-refractivity contribution in [1.82, 2.24) is 0 Å². The number of rotatable bonds is 8. The molecule has 7 nitrogen and oxygen atoms in total. The van der Waals surface area contributed by atoms with Crippen LogP contribution in [0.15, 0.2) is 0 Å². The molecule has 0 radical (unpaired) electrons. The van der Waals surface area contributed by atoms with E-state index in [-0.39, 0.29) is 0 Å². The molecule has 19 heavy (non-hydrogen) atoms. The Bertz CT molecular complexity index is 241. The van der Waals surface area contributed by atoms with E-state index in [9.17, 15) is 20.4 Å². The van der Waals surface area contributed by atoms with Gasteiger partial charge in [0.15, 0.2) is 0 Å². The maximum absolute atomic E-state index is 9.87. The van der Waals surface area contributed by atoms with Gasteiger partial charge in [-0.1, -0.05) is 0 Å². The van der Waals surface area contributed by atoms with Gasteiger partial charge in [-0.3, -0.25) is 0 Å². The number of ether oxygens (including phenoxy) is 3. The molecule has 0 aromatic heterocycles. The average Bonchev–Trinajstić information content (AvgIpc) is 2.35. The van der Waals surface area contributed by atoms with Crippen LogP contribution in [-0.2, 0) is 14.2 Å². The summed E-state index contributed by atoms with van der Waals surface area (Å²) in [6.07, 6.45) is -4.00. The molecule has 0 rings (SSSR count). The highest BCUT2D eigenvalue weighted by Crippen LogP contribution is 2.24. The lowest BCUT2D eigenvalue weighted by Crippen LogP contribution is -2.57. The van der Waals surface area contributed by atoms with E-state index in [1.165, 1.54) is 41.9 Å². The molecule has 0 aliphatic carbocycles. The van der Waals surface area contributed by atoms with Crippen molar-refractivity contribution in [3.8, 4) is 0 Å². The Balaban J connectivity index is 4.77. The predicted octanol–water partition coefficient (Wildman–Crippen LogP) is -0.788. The van der Waals surface area contributed by atoms with Crippen molar-refractivity contribution in [2.75, 3.05) is 14.2 Å². The molecule has 0 spiro atoms. The molecule has 0 fully saturated rings. The van der Waals surface area contributed by atoms with Crippen LogP contribution in [0.3, 0.4) is 0 Å². The summed E-state index contributed by atoms with van der Waals surface area (Å²) in [6.45, 7) is 5.74. The summed E-state index contributed by atoms with van der Waals surface area (Å²) in [4.78, 5) is 0. The van der Waals surface area contributed by atoms with Gasteiger partial charge in [0.05, 0.1) is 0 Å². The third-order valence-electron chi connectivity index (χ3n) is 3.51. The normalized spacial score (nSPS) is 19.9. The number of aliphatic hydroxyl groups is 4. The molecule has 0 bridgehead atoms. The summed E-state index contributed by atoms with van der Waals surface area (Å²) in [7, 11) is 2.66. The second kappa shape index (κ2) is 6.94. The minimum absolute atomic E-state index is 0.902. The third kappa shape index (κ3) is 4.35. The lowest BCUT2D eigenvalue weighted by molar-refractivity contribution is -0.329. The van der Waals surface area contributed by atoms with Gasteiger partial charge in [0, 0.05) is 14.2 Å². The summed E-state index contributed by atoms with van der Waals surface area (Å²) in [6, 6.07) is 0. The van der Waals surface area contributed by atoms with Crippen molar-refractivity contribution in [3.63, 3.8) is 0 Å². The van der Waals surface area contributed by atoms with E-state index in [1.807, 2.05) is 0 Å². The average molecular weight is 282 g/mol. The summed E-state index contributed by atoms with van der Waals surface area (Å²) in [5, 5.41) is 39.5. The van der Waals surface area contributed by atoms with Crippen molar-refractivity contribution in [2.45, 2.75) is 63.7 Å². The fraction of sp³-hybridized carbons (Fsp3) is 1.00. The molecule has 0 aromatic carbocycles. The van der Waals surface area contributed by atoms with E-state index in [4.69, 9.17) is 14.2 Å². The zero-order chi connectivity index (χ0) is 15.4. The molecule has 0 saturated carbocycles. The van der Waals surface area contributed by atoms with Crippen LogP contribution in [0.25, 0.3) is 0 Å². The second-order valence-corrected chi connectivity index (χ2v) is 4.74. The Hall–Kier alpha value is -0.280. The molecule has 0 amide bonds. The highest BCUT2D eigenvalue weighted by molar-refractivity contribution is 4.85. The van der Waals surface area contributed by atoms with Crippen molar-refractivity contribution in [1.29, 1.82) is 0 Å². The first-order valence-corrected chi connectivity index (χ1v) is 6.12. The van der Waals surface area contributed by atoms with E-state index in [0.29, 0.717) is 0 Å². The summed E-state index contributed by atoms with van der Waals surface area (Å²) in [5.41, 5.74) is 0.